The van der Waals surface area contributed by atoms with Gasteiger partial charge in [-0.1, -0.05) is 48.0 Å². The number of para-hydroxylation sites is 1. The van der Waals surface area contributed by atoms with Gasteiger partial charge in [-0.05, 0) is 24.6 Å². The molecule has 0 radical (unpaired) electrons. The maximum Gasteiger partial charge on any atom is 0.310 e. The molecule has 0 aliphatic carbocycles. The quantitative estimate of drug-likeness (QED) is 0.808. The Labute approximate surface area is 156 Å². The standard InChI is InChI=1S/C19H18ClN3O3/c1-2-23-15-10-6-4-8-13(15)16(19(23)26)22-18(25)17(24)21-11-12-7-3-5-9-14(12)20/h3-10,16H,2,11H2,1H3,(H,21,24)(H,22,25)/t16-/m1/s1. The molecule has 1 aliphatic heterocycles. The molecule has 0 spiro atoms. The lowest BCUT2D eigenvalue weighted by Gasteiger charge is -2.15. The molecule has 0 unspecified atom stereocenters. The fraction of sp³-hybridized carbons (Fsp3) is 0.211. The third-order valence-corrected chi connectivity index (χ3v) is 4.62. The van der Waals surface area contributed by atoms with E-state index in [4.69, 9.17) is 11.6 Å². The van der Waals surface area contributed by atoms with Crippen LogP contribution in [0.4, 0.5) is 5.69 Å². The van der Waals surface area contributed by atoms with E-state index in [9.17, 15) is 14.4 Å². The Morgan fingerprint density at radius 1 is 1.08 bits per heavy atom. The summed E-state index contributed by atoms with van der Waals surface area (Å²) in [4.78, 5) is 38.4. The lowest BCUT2D eigenvalue weighted by atomic mass is 10.1. The summed E-state index contributed by atoms with van der Waals surface area (Å²) in [5.41, 5.74) is 2.14. The Bertz CT molecular complexity index is 869. The predicted molar refractivity (Wildman–Crippen MR) is 98.7 cm³/mol. The highest BCUT2D eigenvalue weighted by Crippen LogP contribution is 2.35. The van der Waals surface area contributed by atoms with Crippen LogP contribution in [-0.4, -0.2) is 24.3 Å². The second-order valence-electron chi connectivity index (χ2n) is 5.82. The zero-order chi connectivity index (χ0) is 18.7. The van der Waals surface area contributed by atoms with Crippen LogP contribution in [0.2, 0.25) is 5.02 Å². The highest BCUT2D eigenvalue weighted by atomic mass is 35.5. The van der Waals surface area contributed by atoms with E-state index in [0.717, 1.165) is 5.69 Å². The number of nitrogens with one attached hydrogen (secondary N) is 2. The number of benzene rings is 2. The summed E-state index contributed by atoms with van der Waals surface area (Å²) >= 11 is 6.03. The summed E-state index contributed by atoms with van der Waals surface area (Å²) in [6.45, 7) is 2.47. The van der Waals surface area contributed by atoms with E-state index >= 15 is 0 Å². The smallest absolute Gasteiger partial charge is 0.310 e. The molecule has 134 valence electrons. The molecule has 2 N–H and O–H groups in total. The number of amides is 3. The third-order valence-electron chi connectivity index (χ3n) is 4.25. The molecule has 1 heterocycles. The van der Waals surface area contributed by atoms with Gasteiger partial charge < -0.3 is 15.5 Å². The van der Waals surface area contributed by atoms with Crippen molar-refractivity contribution < 1.29 is 14.4 Å². The third kappa shape index (κ3) is 3.41. The molecule has 0 bridgehead atoms. The average Bonchev–Trinajstić information content (AvgIpc) is 2.92. The number of carbonyl (C=O) groups excluding carboxylic acids is 3. The maximum atomic E-state index is 12.5. The highest BCUT2D eigenvalue weighted by molar-refractivity contribution is 6.36. The van der Waals surface area contributed by atoms with E-state index in [1.807, 2.05) is 19.1 Å². The van der Waals surface area contributed by atoms with Crippen LogP contribution < -0.4 is 15.5 Å². The molecule has 0 aromatic heterocycles. The first-order valence-corrected chi connectivity index (χ1v) is 8.63. The van der Waals surface area contributed by atoms with Gasteiger partial charge in [0.1, 0.15) is 6.04 Å². The average molecular weight is 372 g/mol. The number of hydrogen-bond donors (Lipinski definition) is 2. The Hall–Kier alpha value is -2.86. The number of fused-ring (bicyclic) bond motifs is 1. The van der Waals surface area contributed by atoms with Crippen molar-refractivity contribution in [3.63, 3.8) is 0 Å². The summed E-state index contributed by atoms with van der Waals surface area (Å²) in [5.74, 6) is -1.92. The number of nitrogens with zero attached hydrogens (tertiary/aromatic N) is 1. The lowest BCUT2D eigenvalue weighted by Crippen LogP contribution is -2.44. The minimum atomic E-state index is -0.858. The first kappa shape index (κ1) is 17.9. The van der Waals surface area contributed by atoms with Crippen LogP contribution in [0.25, 0.3) is 0 Å². The Morgan fingerprint density at radius 3 is 2.50 bits per heavy atom. The van der Waals surface area contributed by atoms with E-state index in [0.29, 0.717) is 22.7 Å². The molecule has 2 aromatic carbocycles. The normalized spacial score (nSPS) is 15.5. The van der Waals surface area contributed by atoms with E-state index in [2.05, 4.69) is 10.6 Å². The van der Waals surface area contributed by atoms with Gasteiger partial charge >= 0.3 is 11.8 Å². The molecule has 26 heavy (non-hydrogen) atoms. The zero-order valence-electron chi connectivity index (χ0n) is 14.2. The van der Waals surface area contributed by atoms with E-state index in [1.165, 1.54) is 0 Å². The fourth-order valence-corrected chi connectivity index (χ4v) is 3.15. The first-order chi connectivity index (χ1) is 12.5. The molecule has 1 aliphatic rings. The molecule has 6 nitrogen and oxygen atoms in total. The van der Waals surface area contributed by atoms with Crippen LogP contribution in [0.3, 0.4) is 0 Å². The number of halogens is 1. The zero-order valence-corrected chi connectivity index (χ0v) is 14.9. The Balaban J connectivity index is 1.67. The van der Waals surface area contributed by atoms with Gasteiger partial charge in [-0.15, -0.1) is 0 Å². The fourth-order valence-electron chi connectivity index (χ4n) is 2.94. The van der Waals surface area contributed by atoms with Crippen LogP contribution in [0.15, 0.2) is 48.5 Å². The van der Waals surface area contributed by atoms with Crippen molar-refractivity contribution in [1.82, 2.24) is 10.6 Å². The van der Waals surface area contributed by atoms with Crippen molar-refractivity contribution in [2.75, 3.05) is 11.4 Å². The molecular formula is C19H18ClN3O3. The van der Waals surface area contributed by atoms with Gasteiger partial charge in [0.25, 0.3) is 5.91 Å². The predicted octanol–water partition coefficient (Wildman–Crippen LogP) is 2.18. The van der Waals surface area contributed by atoms with Crippen molar-refractivity contribution in [2.45, 2.75) is 19.5 Å². The van der Waals surface area contributed by atoms with Crippen LogP contribution >= 0.6 is 11.6 Å². The van der Waals surface area contributed by atoms with Crippen LogP contribution in [-0.2, 0) is 20.9 Å². The van der Waals surface area contributed by atoms with Gasteiger partial charge in [0, 0.05) is 29.4 Å². The number of rotatable bonds is 4. The minimum absolute atomic E-state index is 0.127. The summed E-state index contributed by atoms with van der Waals surface area (Å²) in [6, 6.07) is 13.4. The van der Waals surface area contributed by atoms with E-state index in [-0.39, 0.29) is 12.5 Å². The highest BCUT2D eigenvalue weighted by Gasteiger charge is 2.37. The molecule has 7 heteroatoms. The van der Waals surface area contributed by atoms with Gasteiger partial charge in [0.15, 0.2) is 0 Å². The van der Waals surface area contributed by atoms with Crippen molar-refractivity contribution in [3.8, 4) is 0 Å². The van der Waals surface area contributed by atoms with Gasteiger partial charge in [0.2, 0.25) is 0 Å². The monoisotopic (exact) mass is 371 g/mol. The molecule has 0 fully saturated rings. The number of likely N-dealkylation sites (N-methyl/N-ethyl adjacent to an activating group) is 1. The lowest BCUT2D eigenvalue weighted by molar-refractivity contribution is -0.140. The Morgan fingerprint density at radius 2 is 1.77 bits per heavy atom. The van der Waals surface area contributed by atoms with E-state index < -0.39 is 17.9 Å². The summed E-state index contributed by atoms with van der Waals surface area (Å²) in [6.07, 6.45) is 0. The van der Waals surface area contributed by atoms with Crippen molar-refractivity contribution in [3.05, 3.63) is 64.7 Å². The van der Waals surface area contributed by atoms with Crippen molar-refractivity contribution >= 4 is 35.0 Å². The van der Waals surface area contributed by atoms with Crippen LogP contribution in [0, 0.1) is 0 Å². The van der Waals surface area contributed by atoms with E-state index in [1.54, 1.807) is 41.3 Å². The molecular weight excluding hydrogens is 354 g/mol. The first-order valence-electron chi connectivity index (χ1n) is 8.25. The molecule has 0 saturated carbocycles. The molecule has 3 amide bonds. The van der Waals surface area contributed by atoms with Crippen molar-refractivity contribution in [2.24, 2.45) is 0 Å². The summed E-state index contributed by atoms with van der Waals surface area (Å²) in [5, 5.41) is 5.55. The second kappa shape index (κ2) is 7.58. The number of hydrogen-bond acceptors (Lipinski definition) is 3. The number of carbonyl (C=O) groups is 3. The van der Waals surface area contributed by atoms with Crippen molar-refractivity contribution in [1.29, 1.82) is 0 Å². The van der Waals surface area contributed by atoms with Gasteiger partial charge in [-0.3, -0.25) is 14.4 Å². The van der Waals surface area contributed by atoms with Gasteiger partial charge in [-0.25, -0.2) is 0 Å². The van der Waals surface area contributed by atoms with Crippen LogP contribution in [0.5, 0.6) is 0 Å². The van der Waals surface area contributed by atoms with Gasteiger partial charge in [0.05, 0.1) is 0 Å². The largest absolute Gasteiger partial charge is 0.344 e. The van der Waals surface area contributed by atoms with Crippen LogP contribution in [0.1, 0.15) is 24.1 Å². The van der Waals surface area contributed by atoms with Gasteiger partial charge in [-0.2, -0.15) is 0 Å². The maximum absolute atomic E-state index is 12.5. The molecule has 2 aromatic rings. The Kier molecular flexibility index (Phi) is 5.23. The second-order valence-corrected chi connectivity index (χ2v) is 6.23. The summed E-state index contributed by atoms with van der Waals surface area (Å²) in [7, 11) is 0. The molecule has 1 atom stereocenters. The molecule has 0 saturated heterocycles. The minimum Gasteiger partial charge on any atom is -0.344 e. The molecule has 3 rings (SSSR count). The SMILES string of the molecule is CCN1C(=O)[C@H](NC(=O)C(=O)NCc2ccccc2Cl)c2ccccc21. The number of anilines is 1. The summed E-state index contributed by atoms with van der Waals surface area (Å²) < 4.78 is 0. The topological polar surface area (TPSA) is 78.5 Å².